The first-order valence-electron chi connectivity index (χ1n) is 8.19. The monoisotopic (exact) mass is 371 g/mol. The summed E-state index contributed by atoms with van der Waals surface area (Å²) in [6.45, 7) is 3.80. The number of aromatic nitrogens is 2. The van der Waals surface area contributed by atoms with Crippen molar-refractivity contribution in [1.29, 1.82) is 0 Å². The van der Waals surface area contributed by atoms with Gasteiger partial charge in [-0.3, -0.25) is 10.1 Å². The van der Waals surface area contributed by atoms with Gasteiger partial charge in [0.1, 0.15) is 5.01 Å². The van der Waals surface area contributed by atoms with Crippen molar-refractivity contribution < 1.29 is 13.9 Å². The van der Waals surface area contributed by atoms with Gasteiger partial charge in [-0.05, 0) is 25.5 Å². The van der Waals surface area contributed by atoms with Crippen LogP contribution in [0.2, 0.25) is 0 Å². The van der Waals surface area contributed by atoms with Gasteiger partial charge in [-0.15, -0.1) is 10.2 Å². The molecule has 5 nitrogen and oxygen atoms in total. The van der Waals surface area contributed by atoms with Crippen LogP contribution in [0.4, 0.5) is 9.52 Å². The summed E-state index contributed by atoms with van der Waals surface area (Å²) in [5, 5.41) is 11.9. The van der Waals surface area contributed by atoms with E-state index in [1.807, 2.05) is 31.2 Å². The Bertz CT molecular complexity index is 896. The molecule has 134 valence electrons. The summed E-state index contributed by atoms with van der Waals surface area (Å²) in [4.78, 5) is 12.4. The van der Waals surface area contributed by atoms with Crippen LogP contribution in [0.1, 0.15) is 18.9 Å². The standard InChI is InChI=1S/C19H18FN3O2S/c1-3-15(25-16-7-5-4-6-14(16)20)17(24)21-19-23-22-18(26-19)13-10-8-12(2)9-11-13/h4-11,15H,3H2,1-2H3,(H,21,23,24). The molecule has 1 atom stereocenters. The smallest absolute Gasteiger partial charge is 0.267 e. The van der Waals surface area contributed by atoms with E-state index in [1.165, 1.54) is 23.5 Å². The van der Waals surface area contributed by atoms with Gasteiger partial charge in [0.2, 0.25) is 5.13 Å². The van der Waals surface area contributed by atoms with Crippen LogP contribution in [-0.4, -0.2) is 22.2 Å². The lowest BCUT2D eigenvalue weighted by Gasteiger charge is -2.16. The van der Waals surface area contributed by atoms with E-state index in [0.29, 0.717) is 16.6 Å². The number of aryl methyl sites for hydroxylation is 1. The van der Waals surface area contributed by atoms with Crippen LogP contribution in [0.25, 0.3) is 10.6 Å². The molecular weight excluding hydrogens is 353 g/mol. The summed E-state index contributed by atoms with van der Waals surface area (Å²) in [5.74, 6) is -0.842. The lowest BCUT2D eigenvalue weighted by Crippen LogP contribution is -2.32. The molecular formula is C19H18FN3O2S. The van der Waals surface area contributed by atoms with Gasteiger partial charge < -0.3 is 4.74 Å². The van der Waals surface area contributed by atoms with Gasteiger partial charge in [0, 0.05) is 5.56 Å². The molecule has 0 spiro atoms. The lowest BCUT2D eigenvalue weighted by molar-refractivity contribution is -0.122. The summed E-state index contributed by atoms with van der Waals surface area (Å²) in [6, 6.07) is 13.9. The fraction of sp³-hybridized carbons (Fsp3) is 0.211. The molecule has 26 heavy (non-hydrogen) atoms. The Morgan fingerprint density at radius 1 is 1.19 bits per heavy atom. The first-order valence-corrected chi connectivity index (χ1v) is 9.01. The summed E-state index contributed by atoms with van der Waals surface area (Å²) in [5.41, 5.74) is 2.09. The van der Waals surface area contributed by atoms with Crippen LogP contribution in [0.15, 0.2) is 48.5 Å². The van der Waals surface area contributed by atoms with Crippen LogP contribution >= 0.6 is 11.3 Å². The summed E-state index contributed by atoms with van der Waals surface area (Å²) < 4.78 is 19.2. The second kappa shape index (κ2) is 8.05. The van der Waals surface area contributed by atoms with Crippen molar-refractivity contribution in [2.24, 2.45) is 0 Å². The SMILES string of the molecule is CCC(Oc1ccccc1F)C(=O)Nc1nnc(-c2ccc(C)cc2)s1. The minimum atomic E-state index is -0.821. The molecule has 1 aromatic heterocycles. The van der Waals surface area contributed by atoms with Crippen molar-refractivity contribution in [2.45, 2.75) is 26.4 Å². The second-order valence-corrected chi connectivity index (χ2v) is 6.69. The fourth-order valence-corrected chi connectivity index (χ4v) is 3.04. The highest BCUT2D eigenvalue weighted by Gasteiger charge is 2.21. The van der Waals surface area contributed by atoms with E-state index in [-0.39, 0.29) is 11.7 Å². The predicted octanol–water partition coefficient (Wildman–Crippen LogP) is 4.45. The fourth-order valence-electron chi connectivity index (χ4n) is 2.29. The highest BCUT2D eigenvalue weighted by atomic mass is 32.1. The molecule has 0 aliphatic heterocycles. The average molecular weight is 371 g/mol. The van der Waals surface area contributed by atoms with Gasteiger partial charge in [-0.25, -0.2) is 4.39 Å². The largest absolute Gasteiger partial charge is 0.478 e. The van der Waals surface area contributed by atoms with Crippen LogP contribution in [0.3, 0.4) is 0 Å². The molecule has 1 heterocycles. The van der Waals surface area contributed by atoms with Gasteiger partial charge in [0.05, 0.1) is 0 Å². The first-order chi connectivity index (χ1) is 12.6. The van der Waals surface area contributed by atoms with E-state index in [9.17, 15) is 9.18 Å². The normalized spacial score (nSPS) is 11.8. The Balaban J connectivity index is 1.68. The van der Waals surface area contributed by atoms with Crippen LogP contribution in [0, 0.1) is 12.7 Å². The van der Waals surface area contributed by atoms with Gasteiger partial charge in [0.15, 0.2) is 17.7 Å². The van der Waals surface area contributed by atoms with E-state index < -0.39 is 11.9 Å². The van der Waals surface area contributed by atoms with Crippen molar-refractivity contribution in [3.05, 3.63) is 59.9 Å². The van der Waals surface area contributed by atoms with Crippen molar-refractivity contribution in [1.82, 2.24) is 10.2 Å². The Labute approximate surface area is 154 Å². The number of ether oxygens (including phenoxy) is 1. The maximum Gasteiger partial charge on any atom is 0.267 e. The average Bonchev–Trinajstić information content (AvgIpc) is 3.10. The zero-order valence-electron chi connectivity index (χ0n) is 14.4. The Morgan fingerprint density at radius 3 is 2.62 bits per heavy atom. The maximum atomic E-state index is 13.7. The number of para-hydroxylation sites is 1. The summed E-state index contributed by atoms with van der Waals surface area (Å²) in [6.07, 6.45) is -0.428. The maximum absolute atomic E-state index is 13.7. The molecule has 1 unspecified atom stereocenters. The number of rotatable bonds is 6. The van der Waals surface area contributed by atoms with Crippen LogP contribution in [0.5, 0.6) is 5.75 Å². The highest BCUT2D eigenvalue weighted by Crippen LogP contribution is 2.27. The Hall–Kier alpha value is -2.80. The van der Waals surface area contributed by atoms with Crippen molar-refractivity contribution >= 4 is 22.4 Å². The molecule has 2 aromatic carbocycles. The summed E-state index contributed by atoms with van der Waals surface area (Å²) in [7, 11) is 0. The van der Waals surface area contributed by atoms with E-state index in [1.54, 1.807) is 19.1 Å². The highest BCUT2D eigenvalue weighted by molar-refractivity contribution is 7.18. The third-order valence-corrected chi connectivity index (χ3v) is 4.61. The number of benzene rings is 2. The van der Waals surface area contributed by atoms with Crippen molar-refractivity contribution in [2.75, 3.05) is 5.32 Å². The number of halogens is 1. The Kier molecular flexibility index (Phi) is 5.58. The molecule has 7 heteroatoms. The molecule has 0 aliphatic carbocycles. The molecule has 0 fully saturated rings. The van der Waals surface area contributed by atoms with E-state index in [4.69, 9.17) is 4.74 Å². The van der Waals surface area contributed by atoms with E-state index in [0.717, 1.165) is 11.1 Å². The molecule has 0 bridgehead atoms. The third kappa shape index (κ3) is 4.23. The van der Waals surface area contributed by atoms with Gasteiger partial charge >= 0.3 is 0 Å². The number of hydrogen-bond donors (Lipinski definition) is 1. The van der Waals surface area contributed by atoms with Gasteiger partial charge in [-0.2, -0.15) is 0 Å². The number of nitrogens with zero attached hydrogens (tertiary/aromatic N) is 2. The number of amides is 1. The predicted molar refractivity (Wildman–Crippen MR) is 99.8 cm³/mol. The van der Waals surface area contributed by atoms with Crippen molar-refractivity contribution in [3.8, 4) is 16.3 Å². The molecule has 0 saturated heterocycles. The molecule has 0 aliphatic rings. The number of hydrogen-bond acceptors (Lipinski definition) is 5. The molecule has 0 saturated carbocycles. The number of anilines is 1. The third-order valence-electron chi connectivity index (χ3n) is 3.72. The van der Waals surface area contributed by atoms with Crippen LogP contribution < -0.4 is 10.1 Å². The quantitative estimate of drug-likeness (QED) is 0.695. The molecule has 1 amide bonds. The zero-order valence-corrected chi connectivity index (χ0v) is 15.2. The van der Waals surface area contributed by atoms with Crippen LogP contribution in [-0.2, 0) is 4.79 Å². The topological polar surface area (TPSA) is 64.1 Å². The minimum absolute atomic E-state index is 0.0482. The van der Waals surface area contributed by atoms with Gasteiger partial charge in [-0.1, -0.05) is 60.2 Å². The zero-order chi connectivity index (χ0) is 18.5. The lowest BCUT2D eigenvalue weighted by atomic mass is 10.2. The number of carbonyl (C=O) groups is 1. The van der Waals surface area contributed by atoms with E-state index >= 15 is 0 Å². The number of nitrogens with one attached hydrogen (secondary N) is 1. The van der Waals surface area contributed by atoms with Gasteiger partial charge in [0.25, 0.3) is 5.91 Å². The molecule has 3 rings (SSSR count). The summed E-state index contributed by atoms with van der Waals surface area (Å²) >= 11 is 1.27. The first kappa shape index (κ1) is 18.0. The minimum Gasteiger partial charge on any atom is -0.478 e. The molecule has 0 radical (unpaired) electrons. The number of carbonyl (C=O) groups excluding carboxylic acids is 1. The molecule has 3 aromatic rings. The Morgan fingerprint density at radius 2 is 1.92 bits per heavy atom. The van der Waals surface area contributed by atoms with Crippen molar-refractivity contribution in [3.63, 3.8) is 0 Å². The second-order valence-electron chi connectivity index (χ2n) is 5.71. The molecule has 1 N–H and O–H groups in total. The van der Waals surface area contributed by atoms with E-state index in [2.05, 4.69) is 15.5 Å².